The maximum Gasteiger partial charge on any atom is 0.0766 e. The topological polar surface area (TPSA) is 38.0 Å². The Morgan fingerprint density at radius 2 is 2.05 bits per heavy atom. The zero-order chi connectivity index (χ0) is 15.4. The van der Waals surface area contributed by atoms with Crippen molar-refractivity contribution < 1.29 is 5.11 Å². The average Bonchev–Trinajstić information content (AvgIpc) is 2.75. The Morgan fingerprint density at radius 3 is 2.62 bits per heavy atom. The molecule has 1 atom stereocenters. The number of rotatable bonds is 6. The predicted molar refractivity (Wildman–Crippen MR) is 89.7 cm³/mol. The number of aromatic nitrogens is 2. The molecule has 1 unspecified atom stereocenters. The van der Waals surface area contributed by atoms with Crippen LogP contribution in [0.25, 0.3) is 0 Å². The molecule has 1 aromatic carbocycles. The molecular weight excluding hydrogens is 352 g/mol. The van der Waals surface area contributed by atoms with Gasteiger partial charge in [-0.05, 0) is 52.7 Å². The largest absolute Gasteiger partial charge is 0.396 e. The van der Waals surface area contributed by atoms with Crippen LogP contribution in [-0.4, -0.2) is 21.5 Å². The lowest BCUT2D eigenvalue weighted by Gasteiger charge is -2.15. The number of aryl methyl sites for hydroxylation is 2. The third-order valence-electron chi connectivity index (χ3n) is 3.71. The first-order valence-electron chi connectivity index (χ1n) is 7.11. The van der Waals surface area contributed by atoms with Crippen LogP contribution in [0.5, 0.6) is 0 Å². The summed E-state index contributed by atoms with van der Waals surface area (Å²) < 4.78 is 2.96. The average molecular weight is 372 g/mol. The highest BCUT2D eigenvalue weighted by atomic mass is 79.9. The Bertz CT molecular complexity index is 612. The van der Waals surface area contributed by atoms with Crippen molar-refractivity contribution in [3.05, 3.63) is 50.7 Å². The Balaban J connectivity index is 2.16. The van der Waals surface area contributed by atoms with E-state index in [1.807, 2.05) is 36.0 Å². The van der Waals surface area contributed by atoms with E-state index in [9.17, 15) is 5.11 Å². The zero-order valence-corrected chi connectivity index (χ0v) is 14.7. The van der Waals surface area contributed by atoms with Gasteiger partial charge in [0, 0.05) is 18.7 Å². The Morgan fingerprint density at radius 1 is 1.33 bits per heavy atom. The van der Waals surface area contributed by atoms with Gasteiger partial charge in [0.2, 0.25) is 0 Å². The molecule has 2 rings (SSSR count). The molecule has 2 aromatic rings. The third-order valence-corrected chi connectivity index (χ3v) is 4.99. The predicted octanol–water partition coefficient (Wildman–Crippen LogP) is 3.79. The second-order valence-electron chi connectivity index (χ2n) is 5.23. The van der Waals surface area contributed by atoms with Gasteiger partial charge in [0.15, 0.2) is 0 Å². The number of aliphatic hydroxyl groups is 1. The summed E-state index contributed by atoms with van der Waals surface area (Å²) in [5.74, 6) is 0.126. The summed E-state index contributed by atoms with van der Waals surface area (Å²) in [5, 5.41) is 15.0. The zero-order valence-electron chi connectivity index (χ0n) is 12.3. The van der Waals surface area contributed by atoms with Gasteiger partial charge in [0.25, 0.3) is 0 Å². The van der Waals surface area contributed by atoms with Gasteiger partial charge in [-0.2, -0.15) is 5.10 Å². The fourth-order valence-electron chi connectivity index (χ4n) is 2.49. The number of hydrogen-bond donors (Lipinski definition) is 1. The summed E-state index contributed by atoms with van der Waals surface area (Å²) in [5.41, 5.74) is 3.26. The van der Waals surface area contributed by atoms with E-state index in [4.69, 9.17) is 11.6 Å². The van der Waals surface area contributed by atoms with Crippen molar-refractivity contribution in [2.45, 2.75) is 26.2 Å². The fourth-order valence-corrected chi connectivity index (χ4v) is 3.48. The van der Waals surface area contributed by atoms with E-state index in [1.165, 1.54) is 0 Å². The molecule has 0 aliphatic carbocycles. The van der Waals surface area contributed by atoms with E-state index >= 15 is 0 Å². The Kier molecular flexibility index (Phi) is 5.85. The van der Waals surface area contributed by atoms with Crippen LogP contribution in [0.4, 0.5) is 0 Å². The summed E-state index contributed by atoms with van der Waals surface area (Å²) in [6.45, 7) is 2.22. The Labute approximate surface area is 139 Å². The molecule has 21 heavy (non-hydrogen) atoms. The van der Waals surface area contributed by atoms with Gasteiger partial charge in [-0.1, -0.05) is 36.7 Å². The van der Waals surface area contributed by atoms with Gasteiger partial charge in [-0.25, -0.2) is 0 Å². The quantitative estimate of drug-likeness (QED) is 0.839. The van der Waals surface area contributed by atoms with Crippen LogP contribution in [-0.2, 0) is 26.3 Å². The van der Waals surface area contributed by atoms with Crippen molar-refractivity contribution >= 4 is 27.5 Å². The molecule has 0 aliphatic rings. The molecule has 1 N–H and O–H groups in total. The Hall–Kier alpha value is -0.840. The van der Waals surface area contributed by atoms with E-state index in [2.05, 4.69) is 28.0 Å². The number of aliphatic hydroxyl groups excluding tert-OH is 1. The minimum Gasteiger partial charge on any atom is -0.396 e. The smallest absolute Gasteiger partial charge is 0.0766 e. The molecular formula is C16H20BrClN2O. The first-order valence-corrected chi connectivity index (χ1v) is 8.28. The molecule has 5 heteroatoms. The number of nitrogens with zero attached hydrogens (tertiary/aromatic N) is 2. The number of halogens is 2. The lowest BCUT2D eigenvalue weighted by molar-refractivity contribution is 0.223. The standard InChI is InChI=1S/C16H20BrClN2O/c1-3-14-16(17)15(20(2)19-14)9-11(10-21)8-12-6-4-5-7-13(12)18/h4-7,11,21H,3,8-10H2,1-2H3. The van der Waals surface area contributed by atoms with Crippen LogP contribution >= 0.6 is 27.5 Å². The van der Waals surface area contributed by atoms with Crippen molar-refractivity contribution in [2.75, 3.05) is 6.61 Å². The highest BCUT2D eigenvalue weighted by Crippen LogP contribution is 2.26. The summed E-state index contributed by atoms with van der Waals surface area (Å²) in [6.07, 6.45) is 2.42. The third kappa shape index (κ3) is 3.87. The summed E-state index contributed by atoms with van der Waals surface area (Å²) >= 11 is 9.84. The molecule has 1 aromatic heterocycles. The number of benzene rings is 1. The van der Waals surface area contributed by atoms with E-state index in [1.54, 1.807) is 0 Å². The molecule has 0 saturated carbocycles. The second kappa shape index (κ2) is 7.43. The summed E-state index contributed by atoms with van der Waals surface area (Å²) in [4.78, 5) is 0. The first kappa shape index (κ1) is 16.5. The highest BCUT2D eigenvalue weighted by molar-refractivity contribution is 9.10. The molecule has 0 saturated heterocycles. The monoisotopic (exact) mass is 370 g/mol. The molecule has 0 radical (unpaired) electrons. The van der Waals surface area contributed by atoms with Crippen molar-refractivity contribution in [1.29, 1.82) is 0 Å². The summed E-state index contributed by atoms with van der Waals surface area (Å²) in [6, 6.07) is 7.80. The first-order chi connectivity index (χ1) is 10.1. The van der Waals surface area contributed by atoms with Gasteiger partial charge in [0.1, 0.15) is 0 Å². The second-order valence-corrected chi connectivity index (χ2v) is 6.43. The van der Waals surface area contributed by atoms with Gasteiger partial charge in [-0.15, -0.1) is 0 Å². The van der Waals surface area contributed by atoms with Crippen LogP contribution in [0.1, 0.15) is 23.9 Å². The van der Waals surface area contributed by atoms with Crippen molar-refractivity contribution in [2.24, 2.45) is 13.0 Å². The van der Waals surface area contributed by atoms with E-state index in [-0.39, 0.29) is 12.5 Å². The lowest BCUT2D eigenvalue weighted by atomic mass is 9.95. The van der Waals surface area contributed by atoms with E-state index < -0.39 is 0 Å². The highest BCUT2D eigenvalue weighted by Gasteiger charge is 2.18. The molecule has 1 heterocycles. The maximum atomic E-state index is 9.70. The molecule has 0 bridgehead atoms. The van der Waals surface area contributed by atoms with Crippen LogP contribution in [0.15, 0.2) is 28.7 Å². The normalized spacial score (nSPS) is 12.6. The van der Waals surface area contributed by atoms with Crippen molar-refractivity contribution in [3.8, 4) is 0 Å². The summed E-state index contributed by atoms with van der Waals surface area (Å²) in [7, 11) is 1.95. The molecule has 0 aliphatic heterocycles. The molecule has 0 fully saturated rings. The SMILES string of the molecule is CCc1nn(C)c(CC(CO)Cc2ccccc2Cl)c1Br. The van der Waals surface area contributed by atoms with Gasteiger partial charge >= 0.3 is 0 Å². The van der Waals surface area contributed by atoms with E-state index in [0.717, 1.165) is 45.7 Å². The fraction of sp³-hybridized carbons (Fsp3) is 0.438. The van der Waals surface area contributed by atoms with Crippen LogP contribution in [0, 0.1) is 5.92 Å². The van der Waals surface area contributed by atoms with Crippen molar-refractivity contribution in [3.63, 3.8) is 0 Å². The minimum absolute atomic E-state index is 0.126. The lowest BCUT2D eigenvalue weighted by Crippen LogP contribution is -2.15. The van der Waals surface area contributed by atoms with Gasteiger partial charge < -0.3 is 5.11 Å². The van der Waals surface area contributed by atoms with E-state index in [0.29, 0.717) is 0 Å². The molecule has 0 amide bonds. The number of hydrogen-bond acceptors (Lipinski definition) is 2. The molecule has 3 nitrogen and oxygen atoms in total. The minimum atomic E-state index is 0.126. The van der Waals surface area contributed by atoms with Crippen LogP contribution in [0.2, 0.25) is 5.02 Å². The molecule has 0 spiro atoms. The van der Waals surface area contributed by atoms with Crippen LogP contribution < -0.4 is 0 Å². The van der Waals surface area contributed by atoms with Gasteiger partial charge in [-0.3, -0.25) is 4.68 Å². The van der Waals surface area contributed by atoms with Gasteiger partial charge in [0.05, 0.1) is 15.9 Å². The van der Waals surface area contributed by atoms with Crippen molar-refractivity contribution in [1.82, 2.24) is 9.78 Å². The molecule has 114 valence electrons. The maximum absolute atomic E-state index is 9.70. The van der Waals surface area contributed by atoms with Crippen LogP contribution in [0.3, 0.4) is 0 Å².